The van der Waals surface area contributed by atoms with E-state index in [1.165, 1.54) is 4.90 Å². The number of aromatic nitrogens is 1. The van der Waals surface area contributed by atoms with Gasteiger partial charge in [0.25, 0.3) is 11.1 Å². The Bertz CT molecular complexity index is 1280. The van der Waals surface area contributed by atoms with Crippen molar-refractivity contribution in [1.29, 1.82) is 0 Å². The van der Waals surface area contributed by atoms with Crippen LogP contribution in [0.25, 0.3) is 17.0 Å². The molecule has 2 aromatic carbocycles. The lowest BCUT2D eigenvalue weighted by molar-refractivity contribution is -0.135. The Labute approximate surface area is 203 Å². The largest absolute Gasteiger partial charge is 0.378 e. The number of rotatable bonds is 4. The smallest absolute Gasteiger partial charge is 0.298 e. The van der Waals surface area contributed by atoms with Crippen LogP contribution in [-0.2, 0) is 20.9 Å². The molecule has 7 nitrogen and oxygen atoms in total. The average Bonchev–Trinajstić information content (AvgIpc) is 3.30. The first-order chi connectivity index (χ1) is 16.0. The second-order valence-electron chi connectivity index (χ2n) is 7.72. The van der Waals surface area contributed by atoms with Crippen LogP contribution in [0.15, 0.2) is 64.1 Å². The molecule has 2 aliphatic heterocycles. The number of thioether (sulfide) groups is 1. The summed E-state index contributed by atoms with van der Waals surface area (Å²) in [5, 5.41) is 0.565. The number of hydrogen-bond donors (Lipinski definition) is 0. The van der Waals surface area contributed by atoms with E-state index in [0.29, 0.717) is 36.9 Å². The number of hydrogen-bond acceptors (Lipinski definition) is 5. The monoisotopic (exact) mass is 525 g/mol. The van der Waals surface area contributed by atoms with E-state index in [-0.39, 0.29) is 23.6 Å². The first-order valence-electron chi connectivity index (χ1n) is 10.5. The second kappa shape index (κ2) is 9.17. The second-order valence-corrected chi connectivity index (χ2v) is 9.63. The Morgan fingerprint density at radius 1 is 1.09 bits per heavy atom. The summed E-state index contributed by atoms with van der Waals surface area (Å²) in [5.41, 5.74) is 2.21. The minimum absolute atomic E-state index is 0.0223. The van der Waals surface area contributed by atoms with Crippen LogP contribution in [-0.4, -0.2) is 52.8 Å². The molecule has 2 saturated heterocycles. The topological polar surface area (TPSA) is 71.9 Å². The molecular formula is C24H20BrN3O4S. The van der Waals surface area contributed by atoms with E-state index >= 15 is 0 Å². The van der Waals surface area contributed by atoms with Crippen molar-refractivity contribution in [2.24, 2.45) is 0 Å². The van der Waals surface area contributed by atoms with Gasteiger partial charge in [-0.25, -0.2) is 4.90 Å². The molecule has 0 N–H and O–H groups in total. The van der Waals surface area contributed by atoms with Gasteiger partial charge in [-0.2, -0.15) is 0 Å². The van der Waals surface area contributed by atoms with Crippen molar-refractivity contribution in [2.45, 2.75) is 6.54 Å². The molecule has 0 atom stereocenters. The van der Waals surface area contributed by atoms with E-state index in [9.17, 15) is 14.4 Å². The maximum absolute atomic E-state index is 13.0. The van der Waals surface area contributed by atoms with Crippen LogP contribution >= 0.6 is 27.7 Å². The maximum Gasteiger partial charge on any atom is 0.298 e. The van der Waals surface area contributed by atoms with Crippen LogP contribution in [0.1, 0.15) is 5.56 Å². The third-order valence-corrected chi connectivity index (χ3v) is 7.00. The number of carbonyl (C=O) groups excluding carboxylic acids is 3. The first kappa shape index (κ1) is 21.9. The maximum atomic E-state index is 13.0. The van der Waals surface area contributed by atoms with E-state index in [1.54, 1.807) is 35.2 Å². The quantitative estimate of drug-likeness (QED) is 0.469. The van der Waals surface area contributed by atoms with Crippen molar-refractivity contribution in [3.05, 3.63) is 69.7 Å². The zero-order valence-corrected chi connectivity index (χ0v) is 20.0. The summed E-state index contributed by atoms with van der Waals surface area (Å²) in [6.07, 6.45) is 3.60. The molecule has 2 fully saturated rings. The third-order valence-electron chi connectivity index (χ3n) is 5.64. The molecule has 2 aliphatic rings. The molecule has 3 aromatic rings. The van der Waals surface area contributed by atoms with Crippen LogP contribution in [0.3, 0.4) is 0 Å². The first-order valence-corrected chi connectivity index (χ1v) is 12.1. The van der Waals surface area contributed by atoms with Crippen LogP contribution in [0, 0.1) is 0 Å². The van der Waals surface area contributed by atoms with Gasteiger partial charge in [-0.1, -0.05) is 34.1 Å². The van der Waals surface area contributed by atoms with Gasteiger partial charge in [0, 0.05) is 40.2 Å². The number of anilines is 1. The number of morpholine rings is 1. The van der Waals surface area contributed by atoms with Gasteiger partial charge in [0.05, 0.1) is 23.8 Å². The molecule has 0 unspecified atom stereocenters. The van der Waals surface area contributed by atoms with Gasteiger partial charge in [-0.05, 0) is 48.2 Å². The number of para-hydroxylation sites is 1. The van der Waals surface area contributed by atoms with Gasteiger partial charge in [-0.15, -0.1) is 0 Å². The van der Waals surface area contributed by atoms with Crippen molar-refractivity contribution in [3.8, 4) is 0 Å². The van der Waals surface area contributed by atoms with E-state index in [1.807, 2.05) is 35.0 Å². The number of amides is 3. The van der Waals surface area contributed by atoms with E-state index in [0.717, 1.165) is 32.7 Å². The number of ether oxygens (including phenoxy) is 1. The number of carbonyl (C=O) groups is 3. The van der Waals surface area contributed by atoms with E-state index < -0.39 is 0 Å². The van der Waals surface area contributed by atoms with Gasteiger partial charge in [0.1, 0.15) is 6.54 Å². The van der Waals surface area contributed by atoms with Crippen molar-refractivity contribution < 1.29 is 19.1 Å². The highest BCUT2D eigenvalue weighted by atomic mass is 79.9. The fourth-order valence-corrected chi connectivity index (χ4v) is 5.20. The molecule has 0 radical (unpaired) electrons. The number of nitrogens with zero attached hydrogens (tertiary/aromatic N) is 3. The highest BCUT2D eigenvalue weighted by Crippen LogP contribution is 2.37. The molecule has 3 amide bonds. The zero-order valence-electron chi connectivity index (χ0n) is 17.6. The SMILES string of the molecule is O=C(Cn1cc(/C=C2\SC(=O)N(c3ccccc3)C2=O)c2cc(Br)ccc21)N1CCOCC1. The molecular weight excluding hydrogens is 506 g/mol. The molecule has 1 aromatic heterocycles. The number of fused-ring (bicyclic) bond motifs is 1. The normalized spacial score (nSPS) is 18.0. The summed E-state index contributed by atoms with van der Waals surface area (Å²) in [5.74, 6) is -0.328. The summed E-state index contributed by atoms with van der Waals surface area (Å²) < 4.78 is 8.13. The summed E-state index contributed by atoms with van der Waals surface area (Å²) in [6.45, 7) is 2.46. The molecule has 9 heteroatoms. The summed E-state index contributed by atoms with van der Waals surface area (Å²) in [7, 11) is 0. The minimum Gasteiger partial charge on any atom is -0.378 e. The standard InChI is InChI=1S/C24H20BrN3O4S/c25-17-6-7-20-19(13-17)16(14-27(20)15-22(29)26-8-10-32-11-9-26)12-21-23(30)28(24(31)33-21)18-4-2-1-3-5-18/h1-7,12-14H,8-11,15H2/b21-12-. The van der Waals surface area contributed by atoms with Crippen LogP contribution in [0.4, 0.5) is 10.5 Å². The fraction of sp³-hybridized carbons (Fsp3) is 0.208. The Balaban J connectivity index is 1.49. The molecule has 5 rings (SSSR count). The summed E-state index contributed by atoms with van der Waals surface area (Å²) in [4.78, 5) is 41.8. The summed E-state index contributed by atoms with van der Waals surface area (Å²) in [6, 6.07) is 14.7. The van der Waals surface area contributed by atoms with E-state index in [4.69, 9.17) is 4.74 Å². The Morgan fingerprint density at radius 2 is 1.85 bits per heavy atom. The zero-order chi connectivity index (χ0) is 22.9. The lowest BCUT2D eigenvalue weighted by Gasteiger charge is -2.27. The van der Waals surface area contributed by atoms with Gasteiger partial charge < -0.3 is 14.2 Å². The van der Waals surface area contributed by atoms with Crippen LogP contribution in [0.2, 0.25) is 0 Å². The highest BCUT2D eigenvalue weighted by molar-refractivity contribution is 9.10. The van der Waals surface area contributed by atoms with Crippen LogP contribution < -0.4 is 4.90 Å². The Hall–Kier alpha value is -2.88. The number of imide groups is 1. The number of halogens is 1. The predicted octanol–water partition coefficient (Wildman–Crippen LogP) is 4.50. The van der Waals surface area contributed by atoms with Crippen molar-refractivity contribution in [2.75, 3.05) is 31.2 Å². The average molecular weight is 526 g/mol. The van der Waals surface area contributed by atoms with Gasteiger partial charge in [-0.3, -0.25) is 14.4 Å². The Morgan fingerprint density at radius 3 is 2.61 bits per heavy atom. The molecule has 168 valence electrons. The minimum atomic E-state index is -0.350. The molecule has 0 spiro atoms. The van der Waals surface area contributed by atoms with Gasteiger partial charge in [0.2, 0.25) is 5.91 Å². The Kier molecular flexibility index (Phi) is 6.09. The van der Waals surface area contributed by atoms with Crippen LogP contribution in [0.5, 0.6) is 0 Å². The highest BCUT2D eigenvalue weighted by Gasteiger charge is 2.36. The van der Waals surface area contributed by atoms with Crippen molar-refractivity contribution in [3.63, 3.8) is 0 Å². The molecule has 0 saturated carbocycles. The predicted molar refractivity (Wildman–Crippen MR) is 132 cm³/mol. The molecule has 0 aliphatic carbocycles. The van der Waals surface area contributed by atoms with Crippen molar-refractivity contribution >= 4 is 67.4 Å². The van der Waals surface area contributed by atoms with Crippen molar-refractivity contribution in [1.82, 2.24) is 9.47 Å². The molecule has 0 bridgehead atoms. The molecule has 33 heavy (non-hydrogen) atoms. The summed E-state index contributed by atoms with van der Waals surface area (Å²) >= 11 is 4.43. The fourth-order valence-electron chi connectivity index (χ4n) is 4.01. The van der Waals surface area contributed by atoms with Gasteiger partial charge in [0.15, 0.2) is 0 Å². The number of benzene rings is 2. The molecule has 3 heterocycles. The van der Waals surface area contributed by atoms with Gasteiger partial charge >= 0.3 is 0 Å². The lowest BCUT2D eigenvalue weighted by Crippen LogP contribution is -2.42. The van der Waals surface area contributed by atoms with E-state index in [2.05, 4.69) is 15.9 Å². The third kappa shape index (κ3) is 4.36. The lowest BCUT2D eigenvalue weighted by atomic mass is 10.1.